The Bertz CT molecular complexity index is 3730. The van der Waals surface area contributed by atoms with Crippen molar-refractivity contribution in [2.24, 2.45) is 0 Å². The van der Waals surface area contributed by atoms with Crippen LogP contribution in [0.4, 0.5) is 17.1 Å². The van der Waals surface area contributed by atoms with Crippen LogP contribution in [0.3, 0.4) is 0 Å². The van der Waals surface area contributed by atoms with Gasteiger partial charge in [-0.2, -0.15) is 0 Å². The van der Waals surface area contributed by atoms with Gasteiger partial charge in [-0.1, -0.05) is 146 Å². The van der Waals surface area contributed by atoms with Crippen LogP contribution in [0, 0.1) is 0 Å². The Morgan fingerprint density at radius 1 is 0.500 bits per heavy atom. The molecule has 9 aromatic carbocycles. The average Bonchev–Trinajstić information content (AvgIpc) is 4.18. The van der Waals surface area contributed by atoms with Gasteiger partial charge in [0.2, 0.25) is 0 Å². The van der Waals surface area contributed by atoms with Crippen LogP contribution in [0.15, 0.2) is 212 Å². The van der Waals surface area contributed by atoms with Gasteiger partial charge < -0.3 is 19.5 Å². The summed E-state index contributed by atoms with van der Waals surface area (Å²) in [6, 6.07) is 77.4. The van der Waals surface area contributed by atoms with Gasteiger partial charge in [0.05, 0.1) is 39.0 Å². The Morgan fingerprint density at radius 2 is 1.06 bits per heavy atom. The molecule has 0 radical (unpaired) electrons. The number of fused-ring (bicyclic) bond motifs is 12. The van der Waals surface area contributed by atoms with E-state index in [2.05, 4.69) is 255 Å². The molecule has 0 amide bonds. The second kappa shape index (κ2) is 15.0. The van der Waals surface area contributed by atoms with Crippen molar-refractivity contribution in [3.8, 4) is 50.5 Å². The number of imidazole rings is 1. The number of anilines is 3. The fourth-order valence-corrected chi connectivity index (χ4v) is 12.1. The SMILES string of the molecule is CC1(C)OB(c2cccc3c2-c2ccccc2C32c3ccccc3-c3c(-c4cc(-c5nc6ccccc6n5-c5ccccc5)cc(C5Nc6ccccc6N5c5ccccc5)c4)cccc32)OC1(C)C. The number of para-hydroxylation sites is 6. The summed E-state index contributed by atoms with van der Waals surface area (Å²) < 4.78 is 16.0. The molecule has 4 aliphatic rings. The number of benzene rings is 9. The molecule has 6 nitrogen and oxygen atoms in total. The number of nitrogens with zero attached hydrogens (tertiary/aromatic N) is 3. The minimum atomic E-state index is -0.589. The molecule has 70 heavy (non-hydrogen) atoms. The third-order valence-electron chi connectivity index (χ3n) is 15.8. The summed E-state index contributed by atoms with van der Waals surface area (Å²) in [6.07, 6.45) is -0.217. The van der Waals surface area contributed by atoms with E-state index in [-0.39, 0.29) is 6.17 Å². The molecule has 1 fully saturated rings. The van der Waals surface area contributed by atoms with E-state index in [0.717, 1.165) is 61.8 Å². The summed E-state index contributed by atoms with van der Waals surface area (Å²) in [5.74, 6) is 0.885. The van der Waals surface area contributed by atoms with E-state index in [9.17, 15) is 0 Å². The van der Waals surface area contributed by atoms with Crippen molar-refractivity contribution in [1.29, 1.82) is 0 Å². The van der Waals surface area contributed by atoms with Crippen LogP contribution < -0.4 is 15.7 Å². The number of hydrogen-bond donors (Lipinski definition) is 1. The van der Waals surface area contributed by atoms with E-state index >= 15 is 0 Å². The van der Waals surface area contributed by atoms with Crippen molar-refractivity contribution >= 4 is 40.7 Å². The summed E-state index contributed by atoms with van der Waals surface area (Å²) in [5, 5.41) is 3.98. The van der Waals surface area contributed by atoms with Gasteiger partial charge in [-0.25, -0.2) is 4.98 Å². The highest BCUT2D eigenvalue weighted by Gasteiger charge is 2.56. The Hall–Kier alpha value is -7.97. The predicted molar refractivity (Wildman–Crippen MR) is 285 cm³/mol. The van der Waals surface area contributed by atoms with Crippen LogP contribution in [0.1, 0.15) is 61.7 Å². The largest absolute Gasteiger partial charge is 0.495 e. The van der Waals surface area contributed by atoms with Crippen LogP contribution in [0.25, 0.3) is 61.5 Å². The maximum Gasteiger partial charge on any atom is 0.495 e. The second-order valence-corrected chi connectivity index (χ2v) is 20.1. The molecular weight excluding hydrogens is 856 g/mol. The first-order valence-corrected chi connectivity index (χ1v) is 24.4. The van der Waals surface area contributed by atoms with Crippen molar-refractivity contribution in [2.45, 2.75) is 50.5 Å². The molecule has 0 bridgehead atoms. The molecule has 1 saturated heterocycles. The van der Waals surface area contributed by atoms with Gasteiger partial charge in [-0.15, -0.1) is 0 Å². The van der Waals surface area contributed by atoms with E-state index < -0.39 is 23.7 Å². The molecule has 336 valence electrons. The van der Waals surface area contributed by atoms with Crippen LogP contribution >= 0.6 is 0 Å². The summed E-state index contributed by atoms with van der Waals surface area (Å²) in [4.78, 5) is 7.89. The lowest BCUT2D eigenvalue weighted by molar-refractivity contribution is 0.00578. The molecule has 0 saturated carbocycles. The normalized spacial score (nSPS) is 18.7. The minimum Gasteiger partial charge on any atom is -0.399 e. The van der Waals surface area contributed by atoms with Gasteiger partial charge in [0, 0.05) is 16.9 Å². The molecule has 1 aromatic heterocycles. The van der Waals surface area contributed by atoms with E-state index in [4.69, 9.17) is 14.3 Å². The molecule has 14 rings (SSSR count). The lowest BCUT2D eigenvalue weighted by atomic mass is 9.68. The summed E-state index contributed by atoms with van der Waals surface area (Å²) in [6.45, 7) is 8.54. The fourth-order valence-electron chi connectivity index (χ4n) is 12.1. The summed E-state index contributed by atoms with van der Waals surface area (Å²) >= 11 is 0. The Labute approximate surface area is 409 Å². The topological polar surface area (TPSA) is 51.5 Å². The molecule has 2 atom stereocenters. The highest BCUT2D eigenvalue weighted by Crippen LogP contribution is 2.64. The molecule has 2 unspecified atom stereocenters. The maximum absolute atomic E-state index is 6.83. The van der Waals surface area contributed by atoms with Gasteiger partial charge in [0.25, 0.3) is 0 Å². The van der Waals surface area contributed by atoms with Gasteiger partial charge in [-0.05, 0) is 161 Å². The zero-order valence-electron chi connectivity index (χ0n) is 39.5. The molecule has 7 heteroatoms. The average molecular weight is 905 g/mol. The van der Waals surface area contributed by atoms with E-state index in [1.54, 1.807) is 0 Å². The number of nitrogens with one attached hydrogen (secondary N) is 1. The van der Waals surface area contributed by atoms with E-state index in [1.165, 1.54) is 50.1 Å². The molecule has 2 aliphatic heterocycles. The Morgan fingerprint density at radius 3 is 1.80 bits per heavy atom. The molecule has 3 heterocycles. The van der Waals surface area contributed by atoms with E-state index in [0.29, 0.717) is 0 Å². The van der Waals surface area contributed by atoms with Crippen LogP contribution in [-0.4, -0.2) is 27.9 Å². The molecule has 1 N–H and O–H groups in total. The fraction of sp³-hybridized carbons (Fsp3) is 0.127. The first kappa shape index (κ1) is 41.0. The van der Waals surface area contributed by atoms with Gasteiger partial charge in [0.1, 0.15) is 12.0 Å². The van der Waals surface area contributed by atoms with Crippen molar-refractivity contribution in [2.75, 3.05) is 10.2 Å². The number of aromatic nitrogens is 2. The van der Waals surface area contributed by atoms with Crippen LogP contribution in [-0.2, 0) is 14.7 Å². The van der Waals surface area contributed by atoms with Crippen molar-refractivity contribution in [3.63, 3.8) is 0 Å². The molecule has 1 spiro atoms. The van der Waals surface area contributed by atoms with Gasteiger partial charge in [0.15, 0.2) is 0 Å². The predicted octanol–water partition coefficient (Wildman–Crippen LogP) is 14.3. The zero-order valence-corrected chi connectivity index (χ0v) is 39.5. The summed E-state index contributed by atoms with van der Waals surface area (Å²) in [7, 11) is -0.516. The number of rotatable bonds is 6. The van der Waals surface area contributed by atoms with Gasteiger partial charge >= 0.3 is 7.12 Å². The quantitative estimate of drug-likeness (QED) is 0.169. The van der Waals surface area contributed by atoms with Crippen molar-refractivity contribution < 1.29 is 9.31 Å². The third kappa shape index (κ3) is 5.73. The first-order chi connectivity index (χ1) is 34.2. The monoisotopic (exact) mass is 904 g/mol. The Kier molecular flexibility index (Phi) is 8.81. The van der Waals surface area contributed by atoms with Gasteiger partial charge in [-0.3, -0.25) is 4.57 Å². The maximum atomic E-state index is 6.83. The van der Waals surface area contributed by atoms with Crippen LogP contribution in [0.2, 0.25) is 0 Å². The Balaban J connectivity index is 1.03. The van der Waals surface area contributed by atoms with Crippen molar-refractivity contribution in [1.82, 2.24) is 9.55 Å². The molecular formula is C63H49BN4O2. The smallest absolute Gasteiger partial charge is 0.399 e. The molecule has 10 aromatic rings. The van der Waals surface area contributed by atoms with Crippen molar-refractivity contribution in [3.05, 3.63) is 240 Å². The first-order valence-electron chi connectivity index (χ1n) is 24.4. The highest BCUT2D eigenvalue weighted by molar-refractivity contribution is 6.64. The van der Waals surface area contributed by atoms with Crippen LogP contribution in [0.5, 0.6) is 0 Å². The second-order valence-electron chi connectivity index (χ2n) is 20.1. The standard InChI is InChI=1S/C63H49BN4O2/c1-61(2)62(3,4)70-64(69-61)52-32-20-31-51-58(52)47-26-12-14-29-49(47)63(51)48-28-13-11-25-46(48)57-45(27-19-30-50(57)63)40-37-41(59-65-53-33-15-17-35-55(53)67(59)43-21-7-5-8-22-43)39-42(38-40)60-66-54-34-16-18-36-56(54)68(60)44-23-9-6-10-24-44/h5-39,59,65H,1-4H3. The lowest BCUT2D eigenvalue weighted by Crippen LogP contribution is -2.41. The third-order valence-corrected chi connectivity index (χ3v) is 15.8. The highest BCUT2D eigenvalue weighted by atomic mass is 16.7. The van der Waals surface area contributed by atoms with E-state index in [1.807, 2.05) is 0 Å². The summed E-state index contributed by atoms with van der Waals surface area (Å²) in [5.41, 5.74) is 20.3. The minimum absolute atomic E-state index is 0.217. The lowest BCUT2D eigenvalue weighted by Gasteiger charge is -2.32. The number of hydrogen-bond acceptors (Lipinski definition) is 5. The zero-order chi connectivity index (χ0) is 46.9. The molecule has 2 aliphatic carbocycles.